The SMILES string of the molecule is CS(=O)(=O)c1cccc(-c2ccc(-c3cc(C(F)(F)F)c(C#N)c(=O)n3Cc3ccc(Cl)cc3Cl)s2)c1. The van der Waals surface area contributed by atoms with E-state index in [0.29, 0.717) is 25.9 Å². The largest absolute Gasteiger partial charge is 0.417 e. The maximum atomic E-state index is 13.8. The first kappa shape index (κ1) is 26.9. The van der Waals surface area contributed by atoms with Crippen LogP contribution in [-0.2, 0) is 22.6 Å². The molecule has 0 N–H and O–H groups in total. The van der Waals surface area contributed by atoms with Crippen molar-refractivity contribution in [2.75, 3.05) is 6.26 Å². The molecule has 0 amide bonds. The topological polar surface area (TPSA) is 79.9 Å². The van der Waals surface area contributed by atoms with Crippen molar-refractivity contribution in [2.45, 2.75) is 17.6 Å². The van der Waals surface area contributed by atoms with E-state index in [1.165, 1.54) is 36.4 Å². The Morgan fingerprint density at radius 1 is 1.03 bits per heavy atom. The van der Waals surface area contributed by atoms with Gasteiger partial charge in [-0.05, 0) is 53.6 Å². The quantitative estimate of drug-likeness (QED) is 0.256. The molecule has 5 nitrogen and oxygen atoms in total. The standard InChI is InChI=1S/C25H15Cl2F3N2O3S2/c1-37(34,35)17-4-2-3-14(9-17)22-7-8-23(36-22)21-11-19(25(28,29)30)18(12-31)24(33)32(21)13-15-5-6-16(26)10-20(15)27/h2-11H,13H2,1H3. The third kappa shape index (κ3) is 5.60. The predicted molar refractivity (Wildman–Crippen MR) is 138 cm³/mol. The number of benzene rings is 2. The van der Waals surface area contributed by atoms with Gasteiger partial charge in [-0.25, -0.2) is 8.42 Å². The monoisotopic (exact) mass is 582 g/mol. The number of nitrogens with zero attached hydrogens (tertiary/aromatic N) is 2. The molecule has 37 heavy (non-hydrogen) atoms. The number of nitriles is 1. The molecule has 0 saturated carbocycles. The highest BCUT2D eigenvalue weighted by Gasteiger charge is 2.36. The molecule has 4 aromatic rings. The van der Waals surface area contributed by atoms with Crippen molar-refractivity contribution in [1.82, 2.24) is 4.57 Å². The van der Waals surface area contributed by atoms with E-state index in [0.717, 1.165) is 28.2 Å². The first-order chi connectivity index (χ1) is 17.3. The van der Waals surface area contributed by atoms with Crippen molar-refractivity contribution in [3.8, 4) is 27.1 Å². The minimum atomic E-state index is -4.94. The van der Waals surface area contributed by atoms with Gasteiger partial charge >= 0.3 is 6.18 Å². The van der Waals surface area contributed by atoms with Gasteiger partial charge in [0.1, 0.15) is 11.6 Å². The zero-order chi connectivity index (χ0) is 27.1. The number of hydrogen-bond donors (Lipinski definition) is 0. The number of alkyl halides is 3. The molecule has 0 atom stereocenters. The fourth-order valence-corrected chi connectivity index (χ4v) is 5.83. The maximum absolute atomic E-state index is 13.8. The van der Waals surface area contributed by atoms with E-state index in [1.54, 1.807) is 24.3 Å². The second-order valence-corrected chi connectivity index (χ2v) is 12.0. The van der Waals surface area contributed by atoms with Crippen LogP contribution in [0, 0.1) is 11.3 Å². The van der Waals surface area contributed by atoms with Gasteiger partial charge in [-0.3, -0.25) is 4.79 Å². The summed E-state index contributed by atoms with van der Waals surface area (Å²) in [5.74, 6) is 0. The lowest BCUT2D eigenvalue weighted by Gasteiger charge is -2.17. The number of rotatable bonds is 5. The lowest BCUT2D eigenvalue weighted by atomic mass is 10.1. The molecule has 0 radical (unpaired) electrons. The lowest BCUT2D eigenvalue weighted by Crippen LogP contribution is -2.28. The molecular weight excluding hydrogens is 568 g/mol. The normalized spacial score (nSPS) is 11.9. The second kappa shape index (κ2) is 9.99. The van der Waals surface area contributed by atoms with Crippen LogP contribution in [0.2, 0.25) is 10.0 Å². The summed E-state index contributed by atoms with van der Waals surface area (Å²) in [5, 5.41) is 9.94. The predicted octanol–water partition coefficient (Wildman–Crippen LogP) is 6.89. The number of halogens is 5. The van der Waals surface area contributed by atoms with Gasteiger partial charge in [0.05, 0.1) is 27.6 Å². The van der Waals surface area contributed by atoms with Crippen LogP contribution in [0.15, 0.2) is 70.4 Å². The van der Waals surface area contributed by atoms with Crippen LogP contribution in [0.1, 0.15) is 16.7 Å². The number of sulfone groups is 1. The van der Waals surface area contributed by atoms with Crippen molar-refractivity contribution < 1.29 is 21.6 Å². The average molecular weight is 583 g/mol. The van der Waals surface area contributed by atoms with Gasteiger partial charge < -0.3 is 4.57 Å². The summed E-state index contributed by atoms with van der Waals surface area (Å²) in [6.07, 6.45) is -3.87. The fraction of sp³-hybridized carbons (Fsp3) is 0.120. The van der Waals surface area contributed by atoms with Crippen LogP contribution in [0.25, 0.3) is 21.0 Å². The van der Waals surface area contributed by atoms with Crippen LogP contribution in [-0.4, -0.2) is 19.2 Å². The highest BCUT2D eigenvalue weighted by atomic mass is 35.5. The van der Waals surface area contributed by atoms with Gasteiger partial charge in [0.2, 0.25) is 0 Å². The number of hydrogen-bond acceptors (Lipinski definition) is 5. The summed E-state index contributed by atoms with van der Waals surface area (Å²) in [5.41, 5.74) is -2.61. The fourth-order valence-electron chi connectivity index (χ4n) is 3.67. The van der Waals surface area contributed by atoms with E-state index in [4.69, 9.17) is 23.2 Å². The van der Waals surface area contributed by atoms with Crippen LogP contribution in [0.3, 0.4) is 0 Å². The first-order valence-corrected chi connectivity index (χ1v) is 13.9. The van der Waals surface area contributed by atoms with Crippen LogP contribution in [0.5, 0.6) is 0 Å². The Kier molecular flexibility index (Phi) is 7.27. The number of aromatic nitrogens is 1. The minimum absolute atomic E-state index is 0.0714. The van der Waals surface area contributed by atoms with E-state index in [-0.39, 0.29) is 22.2 Å². The van der Waals surface area contributed by atoms with Gasteiger partial charge in [0, 0.05) is 21.2 Å². The molecule has 0 bridgehead atoms. The van der Waals surface area contributed by atoms with Crippen LogP contribution < -0.4 is 5.56 Å². The van der Waals surface area contributed by atoms with Crippen LogP contribution >= 0.6 is 34.5 Å². The van der Waals surface area contributed by atoms with E-state index in [9.17, 15) is 31.6 Å². The summed E-state index contributed by atoms with van der Waals surface area (Å²) >= 11 is 13.3. The molecule has 2 heterocycles. The zero-order valence-electron chi connectivity index (χ0n) is 18.8. The molecule has 0 aliphatic carbocycles. The van der Waals surface area contributed by atoms with Gasteiger partial charge in [0.25, 0.3) is 5.56 Å². The molecule has 190 valence electrons. The summed E-state index contributed by atoms with van der Waals surface area (Å²) in [7, 11) is -3.48. The Balaban J connectivity index is 1.93. The van der Waals surface area contributed by atoms with Crippen LogP contribution in [0.4, 0.5) is 13.2 Å². The Hall–Kier alpha value is -3.10. The van der Waals surface area contributed by atoms with Crippen molar-refractivity contribution >= 4 is 44.4 Å². The Labute approximate surface area is 223 Å². The molecule has 12 heteroatoms. The van der Waals surface area contributed by atoms with E-state index < -0.39 is 32.7 Å². The molecule has 4 rings (SSSR count). The molecule has 0 spiro atoms. The van der Waals surface area contributed by atoms with Crippen molar-refractivity contribution in [3.05, 3.63) is 97.8 Å². The number of pyridine rings is 1. The Morgan fingerprint density at radius 2 is 1.73 bits per heavy atom. The highest BCUT2D eigenvalue weighted by Crippen LogP contribution is 2.38. The maximum Gasteiger partial charge on any atom is 0.417 e. The molecule has 0 saturated heterocycles. The zero-order valence-corrected chi connectivity index (χ0v) is 22.0. The summed E-state index contributed by atoms with van der Waals surface area (Å²) < 4.78 is 66.4. The summed E-state index contributed by atoms with van der Waals surface area (Å²) in [4.78, 5) is 14.1. The van der Waals surface area contributed by atoms with Gasteiger partial charge in [0.15, 0.2) is 9.84 Å². The first-order valence-electron chi connectivity index (χ1n) is 10.4. The second-order valence-electron chi connectivity index (χ2n) is 8.02. The molecule has 2 aromatic heterocycles. The van der Waals surface area contributed by atoms with Gasteiger partial charge in [-0.2, -0.15) is 18.4 Å². The lowest BCUT2D eigenvalue weighted by molar-refractivity contribution is -0.137. The van der Waals surface area contributed by atoms with Crippen molar-refractivity contribution in [2.24, 2.45) is 0 Å². The molecule has 2 aromatic carbocycles. The highest BCUT2D eigenvalue weighted by molar-refractivity contribution is 7.90. The molecule has 0 unspecified atom stereocenters. The number of thiophene rings is 1. The molecule has 0 aliphatic heterocycles. The van der Waals surface area contributed by atoms with Gasteiger partial charge in [-0.15, -0.1) is 11.3 Å². The smallest absolute Gasteiger partial charge is 0.302 e. The molecular formula is C25H15Cl2F3N2O3S2. The average Bonchev–Trinajstić information content (AvgIpc) is 3.30. The third-order valence-corrected chi connectivity index (χ3v) is 8.32. The third-order valence-electron chi connectivity index (χ3n) is 5.47. The summed E-state index contributed by atoms with van der Waals surface area (Å²) in [6.45, 7) is -0.215. The van der Waals surface area contributed by atoms with Crippen molar-refractivity contribution in [3.63, 3.8) is 0 Å². The Bertz CT molecular complexity index is 1740. The van der Waals surface area contributed by atoms with Crippen molar-refractivity contribution in [1.29, 1.82) is 5.26 Å². The van der Waals surface area contributed by atoms with E-state index in [1.807, 2.05) is 0 Å². The van der Waals surface area contributed by atoms with Gasteiger partial charge in [-0.1, -0.05) is 41.4 Å². The summed E-state index contributed by atoms with van der Waals surface area (Å²) in [6, 6.07) is 16.0. The van der Waals surface area contributed by atoms with E-state index >= 15 is 0 Å². The Morgan fingerprint density at radius 3 is 2.35 bits per heavy atom. The minimum Gasteiger partial charge on any atom is -0.302 e. The molecule has 0 aliphatic rings. The molecule has 0 fully saturated rings. The van der Waals surface area contributed by atoms with E-state index in [2.05, 4.69) is 0 Å².